The van der Waals surface area contributed by atoms with Crippen LogP contribution in [-0.4, -0.2) is 41.6 Å². The summed E-state index contributed by atoms with van der Waals surface area (Å²) in [6.07, 6.45) is 1.40. The molecule has 2 amide bonds. The molecule has 1 aromatic rings. The number of amides is 2. The van der Waals surface area contributed by atoms with E-state index in [9.17, 15) is 14.0 Å². The van der Waals surface area contributed by atoms with Crippen LogP contribution in [-0.2, 0) is 11.2 Å². The van der Waals surface area contributed by atoms with Crippen molar-refractivity contribution < 1.29 is 19.1 Å². The first kappa shape index (κ1) is 15.3. The summed E-state index contributed by atoms with van der Waals surface area (Å²) in [5.74, 6) is -1.07. The van der Waals surface area contributed by atoms with E-state index in [-0.39, 0.29) is 24.2 Å². The molecule has 1 heterocycles. The lowest BCUT2D eigenvalue weighted by Crippen LogP contribution is -2.39. The van der Waals surface area contributed by atoms with Gasteiger partial charge in [0.2, 0.25) is 0 Å². The maximum atomic E-state index is 13.0. The Kier molecular flexibility index (Phi) is 5.14. The van der Waals surface area contributed by atoms with Crippen LogP contribution in [0.3, 0.4) is 0 Å². The molecule has 6 heteroatoms. The molecule has 114 valence electrons. The number of halogens is 1. The number of aliphatic carboxylic acids is 1. The molecule has 0 saturated carbocycles. The molecule has 21 heavy (non-hydrogen) atoms. The van der Waals surface area contributed by atoms with E-state index in [2.05, 4.69) is 5.32 Å². The zero-order chi connectivity index (χ0) is 15.2. The molecule has 0 spiro atoms. The SMILES string of the molecule is O=C(O)CC1CCN(C(=O)NCCc2cccc(F)c2)C1. The molecule has 1 aliphatic rings. The highest BCUT2D eigenvalue weighted by Crippen LogP contribution is 2.19. The molecule has 2 rings (SSSR count). The highest BCUT2D eigenvalue weighted by atomic mass is 19.1. The Morgan fingerprint density at radius 3 is 2.95 bits per heavy atom. The number of hydrogen-bond donors (Lipinski definition) is 2. The molecule has 1 fully saturated rings. The van der Waals surface area contributed by atoms with E-state index in [0.29, 0.717) is 26.1 Å². The summed E-state index contributed by atoms with van der Waals surface area (Å²) >= 11 is 0. The van der Waals surface area contributed by atoms with E-state index >= 15 is 0 Å². The molecule has 1 atom stereocenters. The van der Waals surface area contributed by atoms with Crippen LogP contribution in [0.1, 0.15) is 18.4 Å². The lowest BCUT2D eigenvalue weighted by Gasteiger charge is -2.17. The first-order valence-corrected chi connectivity index (χ1v) is 7.03. The molecule has 0 radical (unpaired) electrons. The summed E-state index contributed by atoms with van der Waals surface area (Å²) in [6, 6.07) is 6.11. The van der Waals surface area contributed by atoms with Crippen LogP contribution in [0.15, 0.2) is 24.3 Å². The van der Waals surface area contributed by atoms with Gasteiger partial charge in [-0.25, -0.2) is 9.18 Å². The quantitative estimate of drug-likeness (QED) is 0.871. The number of carboxylic acid groups (broad SMARTS) is 1. The molecular weight excluding hydrogens is 275 g/mol. The summed E-state index contributed by atoms with van der Waals surface area (Å²) in [4.78, 5) is 24.2. The Hall–Kier alpha value is -2.11. The molecule has 0 bridgehead atoms. The van der Waals surface area contributed by atoms with Gasteiger partial charge in [-0.1, -0.05) is 12.1 Å². The van der Waals surface area contributed by atoms with Gasteiger partial charge in [0.25, 0.3) is 0 Å². The summed E-state index contributed by atoms with van der Waals surface area (Å²) in [7, 11) is 0. The Morgan fingerprint density at radius 1 is 1.43 bits per heavy atom. The lowest BCUT2D eigenvalue weighted by molar-refractivity contribution is -0.138. The second-order valence-corrected chi connectivity index (χ2v) is 5.31. The molecule has 2 N–H and O–H groups in total. The van der Waals surface area contributed by atoms with Crippen LogP contribution in [0.2, 0.25) is 0 Å². The van der Waals surface area contributed by atoms with Gasteiger partial charge < -0.3 is 15.3 Å². The summed E-state index contributed by atoms with van der Waals surface area (Å²) in [6.45, 7) is 1.50. The van der Waals surface area contributed by atoms with E-state index in [4.69, 9.17) is 5.11 Å². The highest BCUT2D eigenvalue weighted by Gasteiger charge is 2.27. The average Bonchev–Trinajstić information content (AvgIpc) is 2.86. The van der Waals surface area contributed by atoms with Crippen molar-refractivity contribution in [3.8, 4) is 0 Å². The predicted octanol–water partition coefficient (Wildman–Crippen LogP) is 1.87. The van der Waals surface area contributed by atoms with Crippen molar-refractivity contribution in [1.29, 1.82) is 0 Å². The van der Waals surface area contributed by atoms with E-state index in [1.165, 1.54) is 12.1 Å². The number of hydrogen-bond acceptors (Lipinski definition) is 2. The first-order chi connectivity index (χ1) is 10.0. The van der Waals surface area contributed by atoms with Crippen molar-refractivity contribution in [2.24, 2.45) is 5.92 Å². The average molecular weight is 294 g/mol. The number of carbonyl (C=O) groups excluding carboxylic acids is 1. The van der Waals surface area contributed by atoms with Gasteiger partial charge in [0.15, 0.2) is 0 Å². The minimum Gasteiger partial charge on any atom is -0.481 e. The number of nitrogens with one attached hydrogen (secondary N) is 1. The fraction of sp³-hybridized carbons (Fsp3) is 0.467. The minimum atomic E-state index is -0.826. The van der Waals surface area contributed by atoms with Crippen LogP contribution < -0.4 is 5.32 Å². The smallest absolute Gasteiger partial charge is 0.317 e. The second-order valence-electron chi connectivity index (χ2n) is 5.31. The highest BCUT2D eigenvalue weighted by molar-refractivity contribution is 5.74. The minimum absolute atomic E-state index is 0.0384. The Labute approximate surface area is 122 Å². The van der Waals surface area contributed by atoms with Gasteiger partial charge in [-0.2, -0.15) is 0 Å². The number of carboxylic acids is 1. The van der Waals surface area contributed by atoms with Gasteiger partial charge in [-0.05, 0) is 36.5 Å². The first-order valence-electron chi connectivity index (χ1n) is 7.03. The number of benzene rings is 1. The molecule has 1 aliphatic heterocycles. The van der Waals surface area contributed by atoms with Crippen LogP contribution >= 0.6 is 0 Å². The molecular formula is C15H19FN2O3. The van der Waals surface area contributed by atoms with Gasteiger partial charge >= 0.3 is 12.0 Å². The van der Waals surface area contributed by atoms with E-state index in [0.717, 1.165) is 12.0 Å². The second kappa shape index (κ2) is 7.06. The van der Waals surface area contributed by atoms with Gasteiger partial charge in [0.05, 0.1) is 0 Å². The Morgan fingerprint density at radius 2 is 2.24 bits per heavy atom. The standard InChI is InChI=1S/C15H19FN2O3/c16-13-3-1-2-11(8-13)4-6-17-15(21)18-7-5-12(10-18)9-14(19)20/h1-3,8,12H,4-7,9-10H2,(H,17,21)(H,19,20). The third kappa shape index (κ3) is 4.73. The number of nitrogens with zero attached hydrogens (tertiary/aromatic N) is 1. The topological polar surface area (TPSA) is 69.6 Å². The summed E-state index contributed by atoms with van der Waals surface area (Å²) < 4.78 is 13.0. The van der Waals surface area contributed by atoms with Crippen LogP contribution in [0, 0.1) is 11.7 Å². The normalized spacial score (nSPS) is 17.8. The largest absolute Gasteiger partial charge is 0.481 e. The maximum Gasteiger partial charge on any atom is 0.317 e. The van der Waals surface area contributed by atoms with E-state index in [1.807, 2.05) is 6.07 Å². The maximum absolute atomic E-state index is 13.0. The summed E-state index contributed by atoms with van der Waals surface area (Å²) in [5, 5.41) is 11.5. The number of rotatable bonds is 5. The number of carbonyl (C=O) groups is 2. The molecule has 1 unspecified atom stereocenters. The van der Waals surface area contributed by atoms with Crippen molar-refractivity contribution >= 4 is 12.0 Å². The third-order valence-electron chi connectivity index (χ3n) is 3.62. The number of urea groups is 1. The molecule has 1 saturated heterocycles. The van der Waals surface area contributed by atoms with Crippen LogP contribution in [0.25, 0.3) is 0 Å². The predicted molar refractivity (Wildman–Crippen MR) is 75.4 cm³/mol. The molecule has 0 aliphatic carbocycles. The van der Waals surface area contributed by atoms with E-state index in [1.54, 1.807) is 11.0 Å². The van der Waals surface area contributed by atoms with E-state index < -0.39 is 5.97 Å². The molecule has 1 aromatic carbocycles. The third-order valence-corrected chi connectivity index (χ3v) is 3.62. The van der Waals surface area contributed by atoms with Crippen molar-refractivity contribution in [3.05, 3.63) is 35.6 Å². The molecule has 5 nitrogen and oxygen atoms in total. The van der Waals surface area contributed by atoms with Gasteiger partial charge in [0, 0.05) is 26.1 Å². The Bertz CT molecular complexity index is 521. The summed E-state index contributed by atoms with van der Waals surface area (Å²) in [5.41, 5.74) is 0.834. The zero-order valence-electron chi connectivity index (χ0n) is 11.7. The van der Waals surface area contributed by atoms with Crippen molar-refractivity contribution in [2.75, 3.05) is 19.6 Å². The fourth-order valence-corrected chi connectivity index (χ4v) is 2.55. The lowest BCUT2D eigenvalue weighted by atomic mass is 10.1. The van der Waals surface area contributed by atoms with Crippen molar-refractivity contribution in [3.63, 3.8) is 0 Å². The fourth-order valence-electron chi connectivity index (χ4n) is 2.55. The monoisotopic (exact) mass is 294 g/mol. The van der Waals surface area contributed by atoms with Crippen LogP contribution in [0.5, 0.6) is 0 Å². The van der Waals surface area contributed by atoms with Gasteiger partial charge in [-0.15, -0.1) is 0 Å². The van der Waals surface area contributed by atoms with Crippen LogP contribution in [0.4, 0.5) is 9.18 Å². The molecule has 0 aromatic heterocycles. The van der Waals surface area contributed by atoms with Crippen molar-refractivity contribution in [2.45, 2.75) is 19.3 Å². The van der Waals surface area contributed by atoms with Gasteiger partial charge in [-0.3, -0.25) is 4.79 Å². The number of likely N-dealkylation sites (tertiary alicyclic amines) is 1. The Balaban J connectivity index is 1.72. The zero-order valence-corrected chi connectivity index (χ0v) is 11.7. The van der Waals surface area contributed by atoms with Gasteiger partial charge in [0.1, 0.15) is 5.82 Å². The van der Waals surface area contributed by atoms with Crippen molar-refractivity contribution in [1.82, 2.24) is 10.2 Å².